The van der Waals surface area contributed by atoms with Gasteiger partial charge in [-0.1, -0.05) is 19.1 Å². The van der Waals surface area contributed by atoms with Crippen LogP contribution in [0.1, 0.15) is 18.9 Å². The number of carboxylic acid groups (broad SMARTS) is 1. The van der Waals surface area contributed by atoms with Crippen LogP contribution in [0.4, 0.5) is 20.7 Å². The van der Waals surface area contributed by atoms with Gasteiger partial charge < -0.3 is 26.0 Å². The molecule has 1 aliphatic rings. The number of thiocarbonyl (C=S) groups is 1. The third-order valence-corrected chi connectivity index (χ3v) is 5.05. The highest BCUT2D eigenvalue weighted by molar-refractivity contribution is 7.80. The van der Waals surface area contributed by atoms with Crippen LogP contribution in [-0.2, 0) is 6.54 Å². The molecule has 0 unspecified atom stereocenters. The summed E-state index contributed by atoms with van der Waals surface area (Å²) in [4.78, 5) is 20.8. The molecule has 154 valence electrons. The van der Waals surface area contributed by atoms with Crippen LogP contribution in [0.15, 0.2) is 36.8 Å². The molecule has 1 saturated heterocycles. The number of carbonyl (C=O) groups is 1. The predicted molar refractivity (Wildman–Crippen MR) is 112 cm³/mol. The third-order valence-electron chi connectivity index (χ3n) is 4.83. The van der Waals surface area contributed by atoms with Gasteiger partial charge in [0, 0.05) is 25.7 Å². The first-order chi connectivity index (χ1) is 13.9. The number of likely N-dealkylation sites (tertiary alicyclic amines) is 1. The van der Waals surface area contributed by atoms with E-state index in [1.165, 1.54) is 23.4 Å². The standard InChI is InChI=1S/C19H23FN6O2S/c1-12-10-26(19(27)28)7-6-15(12)24-18(29)25-16-9-21-11-23-17(16)22-8-13-2-4-14(20)5-3-13/h2-5,9,11-12,15H,6-8,10H2,1H3,(H,27,28)(H,21,22,23)(H2,24,25,29)/t12-,15+/m1/s1. The van der Waals surface area contributed by atoms with Gasteiger partial charge in [-0.15, -0.1) is 0 Å². The topological polar surface area (TPSA) is 102 Å². The Balaban J connectivity index is 1.56. The van der Waals surface area contributed by atoms with Gasteiger partial charge in [0.2, 0.25) is 0 Å². The summed E-state index contributed by atoms with van der Waals surface area (Å²) in [6.07, 6.45) is 2.83. The molecule has 10 heteroatoms. The minimum Gasteiger partial charge on any atom is -0.465 e. The summed E-state index contributed by atoms with van der Waals surface area (Å²) in [6.45, 7) is 3.40. The maximum atomic E-state index is 13.0. The second-order valence-corrected chi connectivity index (χ2v) is 7.37. The van der Waals surface area contributed by atoms with Crippen molar-refractivity contribution in [3.05, 3.63) is 48.2 Å². The van der Waals surface area contributed by atoms with E-state index in [0.717, 1.165) is 5.56 Å². The smallest absolute Gasteiger partial charge is 0.407 e. The van der Waals surface area contributed by atoms with Crippen LogP contribution in [0.25, 0.3) is 0 Å². The minimum absolute atomic E-state index is 0.0749. The summed E-state index contributed by atoms with van der Waals surface area (Å²) in [5.41, 5.74) is 1.53. The molecule has 29 heavy (non-hydrogen) atoms. The van der Waals surface area contributed by atoms with Gasteiger partial charge in [-0.05, 0) is 42.3 Å². The van der Waals surface area contributed by atoms with E-state index < -0.39 is 6.09 Å². The van der Waals surface area contributed by atoms with Crippen molar-refractivity contribution in [1.82, 2.24) is 20.2 Å². The fourth-order valence-corrected chi connectivity index (χ4v) is 3.47. The normalized spacial score (nSPS) is 18.8. The summed E-state index contributed by atoms with van der Waals surface area (Å²) in [5.74, 6) is 0.419. The number of aromatic nitrogens is 2. The SMILES string of the molecule is C[C@@H]1CN(C(=O)O)CC[C@@H]1NC(=S)Nc1cncnc1NCc1ccc(F)cc1. The number of hydrogen-bond donors (Lipinski definition) is 4. The number of benzene rings is 1. The van der Waals surface area contributed by atoms with Gasteiger partial charge in [0.25, 0.3) is 0 Å². The van der Waals surface area contributed by atoms with Gasteiger partial charge in [0.05, 0.1) is 6.20 Å². The first-order valence-corrected chi connectivity index (χ1v) is 9.67. The molecule has 1 fully saturated rings. The Labute approximate surface area is 173 Å². The highest BCUT2D eigenvalue weighted by Gasteiger charge is 2.28. The second kappa shape index (κ2) is 9.46. The van der Waals surface area contributed by atoms with Gasteiger partial charge in [-0.25, -0.2) is 19.2 Å². The molecule has 4 N–H and O–H groups in total. The maximum absolute atomic E-state index is 13.0. The van der Waals surface area contributed by atoms with Crippen molar-refractivity contribution < 1.29 is 14.3 Å². The molecule has 1 amide bonds. The highest BCUT2D eigenvalue weighted by Crippen LogP contribution is 2.20. The molecule has 1 aromatic heterocycles. The monoisotopic (exact) mass is 418 g/mol. The van der Waals surface area contributed by atoms with E-state index in [4.69, 9.17) is 17.3 Å². The predicted octanol–water partition coefficient (Wildman–Crippen LogP) is 2.90. The zero-order chi connectivity index (χ0) is 20.8. The average molecular weight is 418 g/mol. The van der Waals surface area contributed by atoms with E-state index in [0.29, 0.717) is 42.7 Å². The lowest BCUT2D eigenvalue weighted by Crippen LogP contribution is -2.52. The molecule has 2 heterocycles. The Kier molecular flexibility index (Phi) is 6.76. The Bertz CT molecular complexity index is 866. The molecule has 2 aromatic rings. The van der Waals surface area contributed by atoms with Crippen molar-refractivity contribution in [3.8, 4) is 0 Å². The average Bonchev–Trinajstić information content (AvgIpc) is 2.70. The van der Waals surface area contributed by atoms with Gasteiger partial charge in [-0.3, -0.25) is 0 Å². The summed E-state index contributed by atoms with van der Waals surface area (Å²) in [5, 5.41) is 19.1. The fourth-order valence-electron chi connectivity index (χ4n) is 3.21. The number of nitrogens with zero attached hydrogens (tertiary/aromatic N) is 3. The van der Waals surface area contributed by atoms with Crippen LogP contribution in [0.3, 0.4) is 0 Å². The molecular formula is C19H23FN6O2S. The molecular weight excluding hydrogens is 395 g/mol. The summed E-state index contributed by atoms with van der Waals surface area (Å²) in [7, 11) is 0. The van der Waals surface area contributed by atoms with E-state index in [1.807, 2.05) is 6.92 Å². The van der Waals surface area contributed by atoms with Crippen molar-refractivity contribution in [2.75, 3.05) is 23.7 Å². The number of piperidine rings is 1. The lowest BCUT2D eigenvalue weighted by molar-refractivity contribution is 0.114. The number of hydrogen-bond acceptors (Lipinski definition) is 5. The van der Waals surface area contributed by atoms with Crippen LogP contribution >= 0.6 is 12.2 Å². The molecule has 1 aliphatic heterocycles. The summed E-state index contributed by atoms with van der Waals surface area (Å²) >= 11 is 5.43. The Morgan fingerprint density at radius 2 is 2.14 bits per heavy atom. The van der Waals surface area contributed by atoms with Gasteiger partial charge in [0.15, 0.2) is 10.9 Å². The zero-order valence-electron chi connectivity index (χ0n) is 15.9. The molecule has 0 aliphatic carbocycles. The summed E-state index contributed by atoms with van der Waals surface area (Å²) < 4.78 is 13.0. The van der Waals surface area contributed by atoms with Crippen molar-refractivity contribution >= 4 is 34.9 Å². The number of halogens is 1. The summed E-state index contributed by atoms with van der Waals surface area (Å²) in [6, 6.07) is 6.30. The van der Waals surface area contributed by atoms with Crippen molar-refractivity contribution in [2.45, 2.75) is 25.9 Å². The van der Waals surface area contributed by atoms with Gasteiger partial charge in [-0.2, -0.15) is 0 Å². The fraction of sp³-hybridized carbons (Fsp3) is 0.368. The largest absolute Gasteiger partial charge is 0.465 e. The minimum atomic E-state index is -0.894. The third kappa shape index (κ3) is 5.74. The van der Waals surface area contributed by atoms with Crippen LogP contribution in [0, 0.1) is 11.7 Å². The molecule has 0 saturated carbocycles. The first-order valence-electron chi connectivity index (χ1n) is 9.26. The Morgan fingerprint density at radius 3 is 2.83 bits per heavy atom. The molecule has 0 bridgehead atoms. The molecule has 0 radical (unpaired) electrons. The first kappa shape index (κ1) is 20.7. The van der Waals surface area contributed by atoms with E-state index >= 15 is 0 Å². The molecule has 0 spiro atoms. The van der Waals surface area contributed by atoms with Crippen LogP contribution in [-0.4, -0.2) is 50.3 Å². The molecule has 1 aromatic carbocycles. The number of amides is 1. The molecule has 3 rings (SSSR count). The Hall–Kier alpha value is -3.01. The lowest BCUT2D eigenvalue weighted by atomic mass is 9.94. The number of anilines is 2. The van der Waals surface area contributed by atoms with E-state index in [9.17, 15) is 9.18 Å². The quantitative estimate of drug-likeness (QED) is 0.550. The van der Waals surface area contributed by atoms with E-state index in [-0.39, 0.29) is 17.8 Å². The molecule has 8 nitrogen and oxygen atoms in total. The number of nitrogens with one attached hydrogen (secondary N) is 3. The van der Waals surface area contributed by atoms with Gasteiger partial charge >= 0.3 is 6.09 Å². The van der Waals surface area contributed by atoms with Crippen molar-refractivity contribution in [3.63, 3.8) is 0 Å². The van der Waals surface area contributed by atoms with E-state index in [1.54, 1.807) is 18.3 Å². The second-order valence-electron chi connectivity index (χ2n) is 6.96. The number of rotatable bonds is 5. The highest BCUT2D eigenvalue weighted by atomic mass is 32.1. The lowest BCUT2D eigenvalue weighted by Gasteiger charge is -2.36. The Morgan fingerprint density at radius 1 is 1.38 bits per heavy atom. The van der Waals surface area contributed by atoms with Gasteiger partial charge in [0.1, 0.15) is 17.8 Å². The molecule has 2 atom stereocenters. The zero-order valence-corrected chi connectivity index (χ0v) is 16.7. The van der Waals surface area contributed by atoms with Crippen molar-refractivity contribution in [2.24, 2.45) is 5.92 Å². The van der Waals surface area contributed by atoms with E-state index in [2.05, 4.69) is 25.9 Å². The van der Waals surface area contributed by atoms with Crippen LogP contribution in [0.2, 0.25) is 0 Å². The maximum Gasteiger partial charge on any atom is 0.407 e. The van der Waals surface area contributed by atoms with Crippen LogP contribution in [0.5, 0.6) is 0 Å². The van der Waals surface area contributed by atoms with Crippen molar-refractivity contribution in [1.29, 1.82) is 0 Å². The van der Waals surface area contributed by atoms with Crippen LogP contribution < -0.4 is 16.0 Å².